The summed E-state index contributed by atoms with van der Waals surface area (Å²) in [5.74, 6) is -2.62. The molecule has 0 atom stereocenters. The molecule has 0 unspecified atom stereocenters. The zero-order chi connectivity index (χ0) is 24.9. The van der Waals surface area contributed by atoms with E-state index in [9.17, 15) is 26.8 Å². The molecule has 0 saturated heterocycles. The summed E-state index contributed by atoms with van der Waals surface area (Å²) < 4.78 is 60.9. The van der Waals surface area contributed by atoms with Gasteiger partial charge in [0.05, 0.1) is 24.6 Å². The van der Waals surface area contributed by atoms with Crippen LogP contribution in [0, 0.1) is 11.6 Å². The van der Waals surface area contributed by atoms with E-state index in [-0.39, 0.29) is 28.9 Å². The maximum absolute atomic E-state index is 14.6. The zero-order valence-corrected chi connectivity index (χ0v) is 18.9. The van der Waals surface area contributed by atoms with Crippen molar-refractivity contribution in [3.8, 4) is 11.1 Å². The van der Waals surface area contributed by atoms with E-state index in [4.69, 9.17) is 4.42 Å². The third-order valence-corrected chi connectivity index (χ3v) is 6.14. The maximum Gasteiger partial charge on any atom is 0.282 e. The number of nitrogens with one attached hydrogen (secondary N) is 2. The summed E-state index contributed by atoms with van der Waals surface area (Å²) in [5.41, 5.74) is 0.483. The molecule has 3 aromatic heterocycles. The maximum atomic E-state index is 14.6. The number of sulfonamides is 1. The first-order valence-electron chi connectivity index (χ1n) is 10.3. The van der Waals surface area contributed by atoms with Crippen LogP contribution < -0.4 is 10.3 Å². The average Bonchev–Trinajstić information content (AvgIpc) is 3.37. The molecule has 5 aromatic rings. The number of aromatic nitrogens is 2. The minimum absolute atomic E-state index is 0.0533. The Morgan fingerprint density at radius 3 is 2.66 bits per heavy atom. The molecule has 0 aliphatic rings. The van der Waals surface area contributed by atoms with E-state index in [2.05, 4.69) is 4.98 Å². The predicted octanol–water partition coefficient (Wildman–Crippen LogP) is 3.76. The highest BCUT2D eigenvalue weighted by molar-refractivity contribution is 7.89. The lowest BCUT2D eigenvalue weighted by Gasteiger charge is -2.13. The molecule has 178 valence electrons. The van der Waals surface area contributed by atoms with Gasteiger partial charge < -0.3 is 14.0 Å². The molecule has 8 nitrogen and oxygen atoms in total. The van der Waals surface area contributed by atoms with E-state index < -0.39 is 33.1 Å². The van der Waals surface area contributed by atoms with E-state index in [1.807, 2.05) is 4.72 Å². The van der Waals surface area contributed by atoms with E-state index in [1.165, 1.54) is 29.2 Å². The highest BCUT2D eigenvalue weighted by Gasteiger charge is 2.29. The SMILES string of the molecule is CS(=O)(=O)NC(=O)c1c(-c2ccc[nH]c2=O)c2c3ccoc3ccc2n1Cc1ccc(F)cc1F. The number of H-pyrrole nitrogens is 1. The van der Waals surface area contributed by atoms with Crippen LogP contribution in [0.2, 0.25) is 0 Å². The number of carbonyl (C=O) groups is 1. The van der Waals surface area contributed by atoms with Crippen LogP contribution in [0.15, 0.2) is 70.2 Å². The summed E-state index contributed by atoms with van der Waals surface area (Å²) in [6, 6.07) is 11.0. The second kappa shape index (κ2) is 8.20. The first-order chi connectivity index (χ1) is 16.6. The highest BCUT2D eigenvalue weighted by Crippen LogP contribution is 2.39. The van der Waals surface area contributed by atoms with Crippen molar-refractivity contribution in [2.75, 3.05) is 6.26 Å². The molecule has 5 rings (SSSR count). The summed E-state index contributed by atoms with van der Waals surface area (Å²) in [7, 11) is -3.99. The number of fused-ring (bicyclic) bond motifs is 3. The number of benzene rings is 2. The Morgan fingerprint density at radius 1 is 1.14 bits per heavy atom. The largest absolute Gasteiger partial charge is 0.464 e. The second-order valence-corrected chi connectivity index (χ2v) is 9.70. The number of nitrogens with zero attached hydrogens (tertiary/aromatic N) is 1. The summed E-state index contributed by atoms with van der Waals surface area (Å²) in [6.45, 7) is -0.247. The fraction of sp³-hybridized carbons (Fsp3) is 0.0833. The Balaban J connectivity index is 1.92. The first-order valence-corrected chi connectivity index (χ1v) is 12.2. The lowest BCUT2D eigenvalue weighted by molar-refractivity contribution is 0.0974. The number of carbonyl (C=O) groups excluding carboxylic acids is 1. The average molecular weight is 497 g/mol. The van der Waals surface area contributed by atoms with E-state index in [1.54, 1.807) is 24.3 Å². The van der Waals surface area contributed by atoms with Crippen molar-refractivity contribution in [1.29, 1.82) is 0 Å². The molecule has 35 heavy (non-hydrogen) atoms. The molecule has 2 aromatic carbocycles. The number of furan rings is 1. The molecule has 1 amide bonds. The molecule has 0 aliphatic carbocycles. The summed E-state index contributed by atoms with van der Waals surface area (Å²) in [5, 5.41) is 1.00. The summed E-state index contributed by atoms with van der Waals surface area (Å²) in [6.07, 6.45) is 3.68. The van der Waals surface area contributed by atoms with Crippen molar-refractivity contribution in [3.63, 3.8) is 0 Å². The minimum Gasteiger partial charge on any atom is -0.464 e. The van der Waals surface area contributed by atoms with Crippen LogP contribution >= 0.6 is 0 Å². The number of aromatic amines is 1. The second-order valence-electron chi connectivity index (χ2n) is 7.95. The van der Waals surface area contributed by atoms with Crippen LogP contribution in [0.5, 0.6) is 0 Å². The quantitative estimate of drug-likeness (QED) is 0.384. The molecule has 3 heterocycles. The lowest BCUT2D eigenvalue weighted by Crippen LogP contribution is -2.32. The first kappa shape index (κ1) is 22.5. The molecule has 0 fully saturated rings. The molecule has 0 bridgehead atoms. The van der Waals surface area contributed by atoms with Crippen LogP contribution in [0.1, 0.15) is 16.1 Å². The molecule has 0 aliphatic heterocycles. The van der Waals surface area contributed by atoms with Crippen molar-refractivity contribution < 1.29 is 26.4 Å². The number of amides is 1. The van der Waals surface area contributed by atoms with E-state index in [0.717, 1.165) is 12.3 Å². The van der Waals surface area contributed by atoms with Crippen LogP contribution in [-0.4, -0.2) is 30.1 Å². The Hall–Kier alpha value is -4.25. The monoisotopic (exact) mass is 497 g/mol. The normalized spacial score (nSPS) is 11.9. The smallest absolute Gasteiger partial charge is 0.282 e. The van der Waals surface area contributed by atoms with Gasteiger partial charge in [-0.15, -0.1) is 0 Å². The molecule has 0 spiro atoms. The summed E-state index contributed by atoms with van der Waals surface area (Å²) in [4.78, 5) is 28.7. The van der Waals surface area contributed by atoms with Gasteiger partial charge in [0.25, 0.3) is 11.5 Å². The third-order valence-electron chi connectivity index (χ3n) is 5.58. The zero-order valence-electron chi connectivity index (χ0n) is 18.1. The van der Waals surface area contributed by atoms with Crippen molar-refractivity contribution >= 4 is 37.8 Å². The van der Waals surface area contributed by atoms with Crippen molar-refractivity contribution in [2.45, 2.75) is 6.54 Å². The van der Waals surface area contributed by atoms with Gasteiger partial charge in [0.2, 0.25) is 10.0 Å². The van der Waals surface area contributed by atoms with E-state index >= 15 is 0 Å². The lowest BCUT2D eigenvalue weighted by atomic mass is 10.0. The number of rotatable bonds is 5. The molecular formula is C24H17F2N3O5S. The minimum atomic E-state index is -3.99. The van der Waals surface area contributed by atoms with Gasteiger partial charge in [0, 0.05) is 39.7 Å². The Kier molecular flexibility index (Phi) is 5.28. The number of pyridine rings is 1. The predicted molar refractivity (Wildman–Crippen MR) is 126 cm³/mol. The van der Waals surface area contributed by atoms with Crippen molar-refractivity contribution in [3.05, 3.63) is 94.2 Å². The number of hydrogen-bond acceptors (Lipinski definition) is 5. The van der Waals surface area contributed by atoms with Gasteiger partial charge in [0.1, 0.15) is 22.9 Å². The Labute approximate surface area is 196 Å². The van der Waals surface area contributed by atoms with Gasteiger partial charge in [-0.1, -0.05) is 6.07 Å². The van der Waals surface area contributed by atoms with E-state index in [0.29, 0.717) is 27.9 Å². The standard InChI is InChI=1S/C24H17F2N3O5S/c1-35(32,33)28-24(31)22-21(16-3-2-9-27-23(16)30)20-15-8-10-34-19(15)7-6-18(20)29(22)12-13-4-5-14(25)11-17(13)26/h2-11H,12H2,1H3,(H,27,30)(H,28,31). The molecule has 2 N–H and O–H groups in total. The van der Waals surface area contributed by atoms with Gasteiger partial charge in [-0.2, -0.15) is 0 Å². The van der Waals surface area contributed by atoms with Crippen LogP contribution in [0.3, 0.4) is 0 Å². The third kappa shape index (κ3) is 3.99. The van der Waals surface area contributed by atoms with Crippen molar-refractivity contribution in [1.82, 2.24) is 14.3 Å². The molecule has 11 heteroatoms. The molecule has 0 saturated carbocycles. The number of halogens is 2. The van der Waals surface area contributed by atoms with Gasteiger partial charge in [-0.3, -0.25) is 9.59 Å². The van der Waals surface area contributed by atoms with Gasteiger partial charge in [0.15, 0.2) is 0 Å². The van der Waals surface area contributed by atoms with Gasteiger partial charge in [-0.05, 0) is 36.4 Å². The Bertz CT molecular complexity index is 1800. The molecular weight excluding hydrogens is 480 g/mol. The fourth-order valence-electron chi connectivity index (χ4n) is 4.21. The van der Waals surface area contributed by atoms with Crippen LogP contribution in [0.4, 0.5) is 8.78 Å². The highest BCUT2D eigenvalue weighted by atomic mass is 32.2. The van der Waals surface area contributed by atoms with Crippen molar-refractivity contribution in [2.24, 2.45) is 0 Å². The van der Waals surface area contributed by atoms with Gasteiger partial charge in [-0.25, -0.2) is 21.9 Å². The number of hydrogen-bond donors (Lipinski definition) is 2. The molecule has 0 radical (unpaired) electrons. The fourth-order valence-corrected chi connectivity index (χ4v) is 4.65. The van der Waals surface area contributed by atoms with Crippen LogP contribution in [0.25, 0.3) is 33.0 Å². The summed E-state index contributed by atoms with van der Waals surface area (Å²) >= 11 is 0. The Morgan fingerprint density at radius 2 is 1.94 bits per heavy atom. The van der Waals surface area contributed by atoms with Gasteiger partial charge >= 0.3 is 0 Å². The topological polar surface area (TPSA) is 114 Å². The van der Waals surface area contributed by atoms with Crippen LogP contribution in [-0.2, 0) is 16.6 Å².